The Labute approximate surface area is 105 Å². The Bertz CT molecular complexity index is 329. The maximum Gasteiger partial charge on any atom is 0.132 e. The molecule has 1 aliphatic rings. The monoisotopic (exact) mass is 316 g/mol. The third-order valence-electron chi connectivity index (χ3n) is 3.25. The SMILES string of the molecule is COc1ccc(C2CCCCC2)cc1I. The van der Waals surface area contributed by atoms with Gasteiger partial charge in [0.2, 0.25) is 0 Å². The smallest absolute Gasteiger partial charge is 0.132 e. The number of hydrogen-bond acceptors (Lipinski definition) is 1. The lowest BCUT2D eigenvalue weighted by Crippen LogP contribution is -2.04. The standard InChI is InChI=1S/C13H17IO/c1-15-13-8-7-11(9-12(13)14)10-5-3-2-4-6-10/h7-10H,2-6H2,1H3. The Morgan fingerprint density at radius 2 is 1.93 bits per heavy atom. The number of methoxy groups -OCH3 is 1. The summed E-state index contributed by atoms with van der Waals surface area (Å²) in [6, 6.07) is 6.62. The summed E-state index contributed by atoms with van der Waals surface area (Å²) in [7, 11) is 1.73. The number of ether oxygens (including phenoxy) is 1. The van der Waals surface area contributed by atoms with Crippen LogP contribution < -0.4 is 4.74 Å². The van der Waals surface area contributed by atoms with Gasteiger partial charge in [-0.15, -0.1) is 0 Å². The van der Waals surface area contributed by atoms with Gasteiger partial charge in [0.05, 0.1) is 10.7 Å². The predicted molar refractivity (Wildman–Crippen MR) is 71.5 cm³/mol. The van der Waals surface area contributed by atoms with Gasteiger partial charge in [-0.25, -0.2) is 0 Å². The van der Waals surface area contributed by atoms with Crippen molar-refractivity contribution in [1.29, 1.82) is 0 Å². The average Bonchev–Trinajstić information content (AvgIpc) is 2.30. The summed E-state index contributed by atoms with van der Waals surface area (Å²) in [4.78, 5) is 0. The molecule has 1 saturated carbocycles. The molecule has 82 valence electrons. The van der Waals surface area contributed by atoms with E-state index in [2.05, 4.69) is 40.8 Å². The van der Waals surface area contributed by atoms with Gasteiger partial charge in [0, 0.05) is 0 Å². The van der Waals surface area contributed by atoms with Crippen LogP contribution in [-0.4, -0.2) is 7.11 Å². The minimum atomic E-state index is 0.790. The molecule has 0 heterocycles. The van der Waals surface area contributed by atoms with Crippen LogP contribution in [0.5, 0.6) is 5.75 Å². The molecule has 1 aliphatic carbocycles. The molecule has 0 N–H and O–H groups in total. The van der Waals surface area contributed by atoms with E-state index >= 15 is 0 Å². The lowest BCUT2D eigenvalue weighted by molar-refractivity contribution is 0.410. The summed E-state index contributed by atoms with van der Waals surface area (Å²) in [6.07, 6.45) is 6.94. The predicted octanol–water partition coefficient (Wildman–Crippen LogP) is 4.35. The minimum Gasteiger partial charge on any atom is -0.496 e. The molecule has 2 rings (SSSR count). The first kappa shape index (κ1) is 11.2. The Hall–Kier alpha value is -0.250. The molecule has 0 bridgehead atoms. The molecule has 0 spiro atoms. The zero-order chi connectivity index (χ0) is 10.7. The number of hydrogen-bond donors (Lipinski definition) is 0. The van der Waals surface area contributed by atoms with Crippen LogP contribution in [0.15, 0.2) is 18.2 Å². The van der Waals surface area contributed by atoms with Crippen LogP contribution in [0.1, 0.15) is 43.6 Å². The molecule has 1 aromatic rings. The Balaban J connectivity index is 2.17. The number of rotatable bonds is 2. The summed E-state index contributed by atoms with van der Waals surface area (Å²) in [5.74, 6) is 1.79. The zero-order valence-corrected chi connectivity index (χ0v) is 11.3. The maximum absolute atomic E-state index is 5.28. The first-order valence-corrected chi connectivity index (χ1v) is 6.72. The van der Waals surface area contributed by atoms with Gasteiger partial charge in [-0.3, -0.25) is 0 Å². The van der Waals surface area contributed by atoms with E-state index in [1.54, 1.807) is 7.11 Å². The molecule has 2 heteroatoms. The number of halogens is 1. The van der Waals surface area contributed by atoms with Crippen molar-refractivity contribution < 1.29 is 4.74 Å². The highest BCUT2D eigenvalue weighted by molar-refractivity contribution is 14.1. The van der Waals surface area contributed by atoms with E-state index in [0.29, 0.717) is 0 Å². The minimum absolute atomic E-state index is 0.790. The van der Waals surface area contributed by atoms with Crippen LogP contribution in [0.2, 0.25) is 0 Å². The second kappa shape index (κ2) is 5.19. The van der Waals surface area contributed by atoms with Gasteiger partial charge in [0.1, 0.15) is 5.75 Å². The maximum atomic E-state index is 5.28. The van der Waals surface area contributed by atoms with E-state index in [1.165, 1.54) is 41.2 Å². The Kier molecular flexibility index (Phi) is 3.89. The molecule has 1 nitrogen and oxygen atoms in total. The molecule has 15 heavy (non-hydrogen) atoms. The fourth-order valence-corrected chi connectivity index (χ4v) is 3.13. The molecular formula is C13H17IO. The fraction of sp³-hybridized carbons (Fsp3) is 0.538. The van der Waals surface area contributed by atoms with Crippen molar-refractivity contribution in [3.05, 3.63) is 27.3 Å². The molecule has 1 aromatic carbocycles. The second-order valence-electron chi connectivity index (χ2n) is 4.23. The van der Waals surface area contributed by atoms with E-state index in [4.69, 9.17) is 4.74 Å². The van der Waals surface area contributed by atoms with Crippen molar-refractivity contribution in [3.8, 4) is 5.75 Å². The van der Waals surface area contributed by atoms with Crippen molar-refractivity contribution in [2.75, 3.05) is 7.11 Å². The van der Waals surface area contributed by atoms with Crippen LogP contribution in [0.3, 0.4) is 0 Å². The molecule has 0 radical (unpaired) electrons. The highest BCUT2D eigenvalue weighted by Crippen LogP contribution is 2.34. The molecule has 0 amide bonds. The van der Waals surface area contributed by atoms with E-state index in [-0.39, 0.29) is 0 Å². The van der Waals surface area contributed by atoms with Crippen molar-refractivity contribution in [3.63, 3.8) is 0 Å². The van der Waals surface area contributed by atoms with E-state index < -0.39 is 0 Å². The van der Waals surface area contributed by atoms with Crippen LogP contribution in [-0.2, 0) is 0 Å². The summed E-state index contributed by atoms with van der Waals surface area (Å²) < 4.78 is 6.51. The van der Waals surface area contributed by atoms with Gasteiger partial charge in [0.25, 0.3) is 0 Å². The highest BCUT2D eigenvalue weighted by Gasteiger charge is 2.16. The van der Waals surface area contributed by atoms with Crippen molar-refractivity contribution in [2.24, 2.45) is 0 Å². The highest BCUT2D eigenvalue weighted by atomic mass is 127. The molecule has 0 aromatic heterocycles. The van der Waals surface area contributed by atoms with Gasteiger partial charge < -0.3 is 4.74 Å². The first-order valence-electron chi connectivity index (χ1n) is 5.64. The van der Waals surface area contributed by atoms with Gasteiger partial charge >= 0.3 is 0 Å². The van der Waals surface area contributed by atoms with E-state index in [0.717, 1.165) is 11.7 Å². The van der Waals surface area contributed by atoms with Gasteiger partial charge in [0.15, 0.2) is 0 Å². The zero-order valence-electron chi connectivity index (χ0n) is 9.13. The Morgan fingerprint density at radius 3 is 2.53 bits per heavy atom. The van der Waals surface area contributed by atoms with Gasteiger partial charge in [-0.1, -0.05) is 25.3 Å². The lowest BCUT2D eigenvalue weighted by atomic mass is 9.84. The van der Waals surface area contributed by atoms with Gasteiger partial charge in [-0.2, -0.15) is 0 Å². The second-order valence-corrected chi connectivity index (χ2v) is 5.39. The molecular weight excluding hydrogens is 299 g/mol. The van der Waals surface area contributed by atoms with Crippen molar-refractivity contribution in [1.82, 2.24) is 0 Å². The normalized spacial score (nSPS) is 17.7. The van der Waals surface area contributed by atoms with Crippen molar-refractivity contribution in [2.45, 2.75) is 38.0 Å². The third kappa shape index (κ3) is 2.65. The molecule has 0 unspecified atom stereocenters. The molecule has 0 aliphatic heterocycles. The van der Waals surface area contributed by atoms with Gasteiger partial charge in [-0.05, 0) is 59.0 Å². The molecule has 0 saturated heterocycles. The average molecular weight is 316 g/mol. The van der Waals surface area contributed by atoms with Crippen LogP contribution in [0.25, 0.3) is 0 Å². The summed E-state index contributed by atoms with van der Waals surface area (Å²) in [5, 5.41) is 0. The first-order chi connectivity index (χ1) is 7.31. The topological polar surface area (TPSA) is 9.23 Å². The largest absolute Gasteiger partial charge is 0.496 e. The fourth-order valence-electron chi connectivity index (χ4n) is 2.37. The molecule has 1 fully saturated rings. The summed E-state index contributed by atoms with van der Waals surface area (Å²) >= 11 is 2.36. The summed E-state index contributed by atoms with van der Waals surface area (Å²) in [6.45, 7) is 0. The summed E-state index contributed by atoms with van der Waals surface area (Å²) in [5.41, 5.74) is 1.50. The van der Waals surface area contributed by atoms with E-state index in [1.807, 2.05) is 0 Å². The number of benzene rings is 1. The van der Waals surface area contributed by atoms with Crippen LogP contribution in [0, 0.1) is 3.57 Å². The quantitative estimate of drug-likeness (QED) is 0.737. The van der Waals surface area contributed by atoms with Crippen LogP contribution >= 0.6 is 22.6 Å². The third-order valence-corrected chi connectivity index (χ3v) is 4.10. The lowest BCUT2D eigenvalue weighted by Gasteiger charge is -2.22. The van der Waals surface area contributed by atoms with Crippen molar-refractivity contribution >= 4 is 22.6 Å². The Morgan fingerprint density at radius 1 is 1.20 bits per heavy atom. The van der Waals surface area contributed by atoms with E-state index in [9.17, 15) is 0 Å². The molecule has 0 atom stereocenters. The van der Waals surface area contributed by atoms with Crippen LogP contribution in [0.4, 0.5) is 0 Å².